The van der Waals surface area contributed by atoms with Crippen LogP contribution >= 0.6 is 0 Å². The van der Waals surface area contributed by atoms with Crippen LogP contribution < -0.4 is 5.32 Å². The second-order valence-electron chi connectivity index (χ2n) is 7.19. The fraction of sp³-hybridized carbons (Fsp3) is 0.556. The monoisotopic (exact) mass is 340 g/mol. The summed E-state index contributed by atoms with van der Waals surface area (Å²) in [7, 11) is 0. The maximum atomic E-state index is 12.3. The van der Waals surface area contributed by atoms with Crippen molar-refractivity contribution in [2.24, 2.45) is 11.8 Å². The van der Waals surface area contributed by atoms with Crippen molar-refractivity contribution in [1.82, 2.24) is 25.1 Å². The second-order valence-corrected chi connectivity index (χ2v) is 7.19. The second kappa shape index (κ2) is 6.82. The summed E-state index contributed by atoms with van der Waals surface area (Å²) < 4.78 is 0. The van der Waals surface area contributed by atoms with Gasteiger partial charge in [-0.15, -0.1) is 0 Å². The zero-order chi connectivity index (χ0) is 17.2. The number of aryl methyl sites for hydroxylation is 1. The average molecular weight is 340 g/mol. The Bertz CT molecular complexity index is 754. The largest absolute Gasteiger partial charge is 0.342 e. The number of nitrogens with one attached hydrogen (secondary N) is 2. The molecule has 0 bridgehead atoms. The highest BCUT2D eigenvalue weighted by Crippen LogP contribution is 2.32. The Morgan fingerprint density at radius 2 is 2.24 bits per heavy atom. The van der Waals surface area contributed by atoms with Gasteiger partial charge in [-0.05, 0) is 44.6 Å². The van der Waals surface area contributed by atoms with Gasteiger partial charge in [-0.2, -0.15) is 5.10 Å². The van der Waals surface area contributed by atoms with Crippen LogP contribution in [0, 0.1) is 18.8 Å². The molecule has 2 N–H and O–H groups in total. The van der Waals surface area contributed by atoms with E-state index in [1.807, 2.05) is 19.1 Å². The molecule has 1 aliphatic heterocycles. The van der Waals surface area contributed by atoms with E-state index in [-0.39, 0.29) is 0 Å². The topological polar surface area (TPSA) is 86.8 Å². The molecule has 7 nitrogen and oxygen atoms in total. The van der Waals surface area contributed by atoms with Gasteiger partial charge in [0.2, 0.25) is 5.91 Å². The molecule has 1 saturated heterocycles. The molecule has 4 rings (SSSR count). The summed E-state index contributed by atoms with van der Waals surface area (Å²) in [6, 6.07) is 3.78. The molecule has 2 aromatic heterocycles. The molecule has 0 aromatic carbocycles. The Balaban J connectivity index is 1.38. The number of piperidine rings is 1. The quantitative estimate of drug-likeness (QED) is 0.873. The first-order valence-corrected chi connectivity index (χ1v) is 9.07. The van der Waals surface area contributed by atoms with Crippen molar-refractivity contribution < 1.29 is 4.79 Å². The number of likely N-dealkylation sites (tertiary alicyclic amines) is 1. The summed E-state index contributed by atoms with van der Waals surface area (Å²) in [4.78, 5) is 23.4. The minimum Gasteiger partial charge on any atom is -0.342 e. The van der Waals surface area contributed by atoms with Gasteiger partial charge in [0.05, 0.1) is 0 Å². The molecule has 1 amide bonds. The Kier molecular flexibility index (Phi) is 4.38. The molecular weight excluding hydrogens is 316 g/mol. The highest BCUT2D eigenvalue weighted by molar-refractivity contribution is 5.81. The zero-order valence-corrected chi connectivity index (χ0v) is 14.5. The Hall–Kier alpha value is -2.44. The van der Waals surface area contributed by atoms with Gasteiger partial charge in [0, 0.05) is 43.4 Å². The predicted molar refractivity (Wildman–Crippen MR) is 94.4 cm³/mol. The molecule has 0 radical (unpaired) electrons. The molecule has 1 aliphatic carbocycles. The summed E-state index contributed by atoms with van der Waals surface area (Å²) in [5, 5.41) is 10.3. The number of rotatable bonds is 5. The van der Waals surface area contributed by atoms with E-state index in [0.29, 0.717) is 17.7 Å². The van der Waals surface area contributed by atoms with Crippen LogP contribution in [-0.2, 0) is 11.2 Å². The van der Waals surface area contributed by atoms with Gasteiger partial charge in [0.25, 0.3) is 0 Å². The number of aromatic amines is 1. The van der Waals surface area contributed by atoms with Gasteiger partial charge in [-0.1, -0.05) is 0 Å². The van der Waals surface area contributed by atoms with E-state index in [0.717, 1.165) is 68.3 Å². The number of carbonyl (C=O) groups is 1. The van der Waals surface area contributed by atoms with Crippen molar-refractivity contribution in [3.63, 3.8) is 0 Å². The van der Waals surface area contributed by atoms with E-state index in [1.165, 1.54) is 0 Å². The van der Waals surface area contributed by atoms with Crippen molar-refractivity contribution in [3.05, 3.63) is 29.8 Å². The van der Waals surface area contributed by atoms with Crippen molar-refractivity contribution in [3.8, 4) is 0 Å². The maximum Gasteiger partial charge on any atom is 0.225 e. The zero-order valence-electron chi connectivity index (χ0n) is 14.5. The molecular formula is C18H24N6O. The third kappa shape index (κ3) is 3.97. The van der Waals surface area contributed by atoms with E-state index >= 15 is 0 Å². The van der Waals surface area contributed by atoms with Crippen LogP contribution in [0.1, 0.15) is 37.2 Å². The SMILES string of the molecule is Cc1cc(Nc2ccnc(CC3CCCN(C(=O)C4CC4)C3)n2)n[nH]1. The average Bonchev–Trinajstić information content (AvgIpc) is 3.38. The minimum absolute atomic E-state index is 0.305. The lowest BCUT2D eigenvalue weighted by atomic mass is 9.94. The first-order chi connectivity index (χ1) is 12.2. The molecule has 132 valence electrons. The number of hydrogen-bond acceptors (Lipinski definition) is 5. The van der Waals surface area contributed by atoms with Gasteiger partial charge in [-0.3, -0.25) is 9.89 Å². The normalized spacial score (nSPS) is 20.5. The maximum absolute atomic E-state index is 12.3. The summed E-state index contributed by atoms with van der Waals surface area (Å²) in [6.07, 6.45) is 6.94. The molecule has 2 aromatic rings. The molecule has 3 heterocycles. The fourth-order valence-corrected chi connectivity index (χ4v) is 3.46. The van der Waals surface area contributed by atoms with Gasteiger partial charge in [0.1, 0.15) is 11.6 Å². The van der Waals surface area contributed by atoms with Crippen molar-refractivity contribution >= 4 is 17.5 Å². The molecule has 1 saturated carbocycles. The van der Waals surface area contributed by atoms with E-state index in [9.17, 15) is 4.79 Å². The molecule has 2 aliphatic rings. The van der Waals surface area contributed by atoms with Crippen LogP contribution in [0.5, 0.6) is 0 Å². The molecule has 2 fully saturated rings. The number of H-pyrrole nitrogens is 1. The number of hydrogen-bond donors (Lipinski definition) is 2. The third-order valence-electron chi connectivity index (χ3n) is 4.90. The number of aromatic nitrogens is 4. The van der Waals surface area contributed by atoms with E-state index < -0.39 is 0 Å². The van der Waals surface area contributed by atoms with Crippen LogP contribution in [0.3, 0.4) is 0 Å². The summed E-state index contributed by atoms with van der Waals surface area (Å²) in [5.74, 6) is 3.43. The van der Waals surface area contributed by atoms with Gasteiger partial charge in [-0.25, -0.2) is 9.97 Å². The fourth-order valence-electron chi connectivity index (χ4n) is 3.46. The van der Waals surface area contributed by atoms with Crippen LogP contribution in [0.15, 0.2) is 18.3 Å². The van der Waals surface area contributed by atoms with Crippen molar-refractivity contribution in [1.29, 1.82) is 0 Å². The van der Waals surface area contributed by atoms with Crippen LogP contribution in [-0.4, -0.2) is 44.1 Å². The number of carbonyl (C=O) groups excluding carboxylic acids is 1. The predicted octanol–water partition coefficient (Wildman–Crippen LogP) is 2.44. The van der Waals surface area contributed by atoms with Gasteiger partial charge in [0.15, 0.2) is 5.82 Å². The van der Waals surface area contributed by atoms with Gasteiger partial charge >= 0.3 is 0 Å². The van der Waals surface area contributed by atoms with Crippen LogP contribution in [0.2, 0.25) is 0 Å². The number of anilines is 2. The van der Waals surface area contributed by atoms with Crippen LogP contribution in [0.25, 0.3) is 0 Å². The first-order valence-electron chi connectivity index (χ1n) is 9.07. The molecule has 7 heteroatoms. The minimum atomic E-state index is 0.305. The van der Waals surface area contributed by atoms with Crippen LogP contribution in [0.4, 0.5) is 11.6 Å². The Labute approximate surface area is 147 Å². The Morgan fingerprint density at radius 1 is 1.36 bits per heavy atom. The molecule has 1 unspecified atom stereocenters. The molecule has 0 spiro atoms. The lowest BCUT2D eigenvalue weighted by Crippen LogP contribution is -2.41. The highest BCUT2D eigenvalue weighted by Gasteiger charge is 2.35. The number of nitrogens with zero attached hydrogens (tertiary/aromatic N) is 4. The lowest BCUT2D eigenvalue weighted by Gasteiger charge is -2.32. The first kappa shape index (κ1) is 16.1. The van der Waals surface area contributed by atoms with E-state index in [2.05, 4.69) is 30.4 Å². The lowest BCUT2D eigenvalue weighted by molar-refractivity contribution is -0.134. The highest BCUT2D eigenvalue weighted by atomic mass is 16.2. The molecule has 25 heavy (non-hydrogen) atoms. The summed E-state index contributed by atoms with van der Waals surface area (Å²) >= 11 is 0. The van der Waals surface area contributed by atoms with Crippen molar-refractivity contribution in [2.45, 2.75) is 39.0 Å². The third-order valence-corrected chi connectivity index (χ3v) is 4.90. The standard InChI is InChI=1S/C18H24N6O/c1-12-9-17(23-22-12)21-15-6-7-19-16(20-15)10-13-3-2-8-24(11-13)18(25)14-4-5-14/h6-7,9,13-14H,2-5,8,10-11H2,1H3,(H2,19,20,21,22,23). The summed E-state index contributed by atoms with van der Waals surface area (Å²) in [5.41, 5.74) is 0.999. The van der Waals surface area contributed by atoms with E-state index in [1.54, 1.807) is 6.20 Å². The molecule has 1 atom stereocenters. The van der Waals surface area contributed by atoms with Gasteiger partial charge < -0.3 is 10.2 Å². The van der Waals surface area contributed by atoms with Crippen molar-refractivity contribution in [2.75, 3.05) is 18.4 Å². The number of amides is 1. The smallest absolute Gasteiger partial charge is 0.225 e. The Morgan fingerprint density at radius 3 is 3.00 bits per heavy atom. The van der Waals surface area contributed by atoms with E-state index in [4.69, 9.17) is 0 Å². The summed E-state index contributed by atoms with van der Waals surface area (Å²) in [6.45, 7) is 3.71.